The third-order valence-corrected chi connectivity index (χ3v) is 15.1. The van der Waals surface area contributed by atoms with Crippen LogP contribution in [0.15, 0.2) is 0 Å². The molecule has 0 heterocycles. The second kappa shape index (κ2) is 12.7. The van der Waals surface area contributed by atoms with Crippen molar-refractivity contribution in [3.63, 3.8) is 0 Å². The smallest absolute Gasteiger partial charge is 1.00 e. The number of halogens is 1. The zero-order chi connectivity index (χ0) is 11.6. The summed E-state index contributed by atoms with van der Waals surface area (Å²) >= 11 is -1.13. The van der Waals surface area contributed by atoms with Crippen molar-refractivity contribution in [3.05, 3.63) is 0 Å². The fraction of sp³-hybridized carbons (Fsp3) is 1.00. The van der Waals surface area contributed by atoms with E-state index in [1.807, 2.05) is 0 Å². The molecule has 0 bridgehead atoms. The third kappa shape index (κ3) is 8.39. The first kappa shape index (κ1) is 19.6. The van der Waals surface area contributed by atoms with Crippen molar-refractivity contribution in [1.82, 2.24) is 0 Å². The van der Waals surface area contributed by atoms with E-state index in [0.29, 0.717) is 0 Å². The van der Waals surface area contributed by atoms with Gasteiger partial charge in [0.25, 0.3) is 0 Å². The standard InChI is InChI=1S/C14H32As.HI/c1-5-9-10-11-12-13-14-15(6-2,7-3)8-4;/h5-14H2,1-4H3;1H/q+1;/p-1. The van der Waals surface area contributed by atoms with Crippen LogP contribution in [0.25, 0.3) is 0 Å². The average molecular weight is 402 g/mol. The van der Waals surface area contributed by atoms with Crippen LogP contribution in [0, 0.1) is 0 Å². The van der Waals surface area contributed by atoms with Gasteiger partial charge in [0.1, 0.15) is 0 Å². The van der Waals surface area contributed by atoms with Gasteiger partial charge in [-0.15, -0.1) is 0 Å². The predicted molar refractivity (Wildman–Crippen MR) is 75.4 cm³/mol. The van der Waals surface area contributed by atoms with Gasteiger partial charge in [0, 0.05) is 0 Å². The minimum atomic E-state index is -1.13. The Labute approximate surface area is 124 Å². The molecule has 0 aromatic rings. The van der Waals surface area contributed by atoms with Crippen LogP contribution >= 0.6 is 0 Å². The molecule has 0 aliphatic carbocycles. The summed E-state index contributed by atoms with van der Waals surface area (Å²) in [5.41, 5.74) is 0. The first-order valence-electron chi connectivity index (χ1n) is 7.09. The Balaban J connectivity index is 0. The quantitative estimate of drug-likeness (QED) is 0.300. The van der Waals surface area contributed by atoms with Crippen molar-refractivity contribution in [3.8, 4) is 0 Å². The van der Waals surface area contributed by atoms with E-state index >= 15 is 0 Å². The van der Waals surface area contributed by atoms with E-state index in [1.54, 1.807) is 20.8 Å². The molecule has 0 radical (unpaired) electrons. The maximum absolute atomic E-state index is 2.44. The molecule has 0 aromatic carbocycles. The predicted octanol–water partition coefficient (Wildman–Crippen LogP) is 2.86. The Hall–Kier alpha value is 1.29. The molecule has 0 fully saturated rings. The van der Waals surface area contributed by atoms with Crippen molar-refractivity contribution in [2.24, 2.45) is 0 Å². The third-order valence-electron chi connectivity index (χ3n) is 4.00. The molecule has 2 heteroatoms. The molecular formula is C14H32AsI. The summed E-state index contributed by atoms with van der Waals surface area (Å²) in [7, 11) is 0. The second-order valence-electron chi connectivity index (χ2n) is 4.78. The van der Waals surface area contributed by atoms with Gasteiger partial charge < -0.3 is 24.0 Å². The van der Waals surface area contributed by atoms with Gasteiger partial charge in [-0.25, -0.2) is 0 Å². The van der Waals surface area contributed by atoms with Crippen LogP contribution in [0.1, 0.15) is 66.2 Å². The van der Waals surface area contributed by atoms with E-state index in [9.17, 15) is 0 Å². The first-order valence-corrected chi connectivity index (χ1v) is 12.4. The molecule has 0 amide bonds. The number of rotatable bonds is 10. The Morgan fingerprint density at radius 1 is 0.625 bits per heavy atom. The Bertz CT molecular complexity index is 124. The largest absolute Gasteiger partial charge is 1.00 e. The molecular weight excluding hydrogens is 370 g/mol. The molecule has 0 N–H and O–H groups in total. The molecule has 0 aliphatic heterocycles. The van der Waals surface area contributed by atoms with Gasteiger partial charge in [-0.2, -0.15) is 0 Å². The Kier molecular flexibility index (Phi) is 15.6. The molecule has 0 rings (SSSR count). The zero-order valence-corrected chi connectivity index (χ0v) is 15.9. The van der Waals surface area contributed by atoms with Crippen LogP contribution in [0.5, 0.6) is 0 Å². The van der Waals surface area contributed by atoms with E-state index in [2.05, 4.69) is 27.7 Å². The van der Waals surface area contributed by atoms with Gasteiger partial charge in [0.05, 0.1) is 0 Å². The van der Waals surface area contributed by atoms with Crippen molar-refractivity contribution in [2.45, 2.75) is 87.1 Å². The number of hydrogen-bond acceptors (Lipinski definition) is 0. The Morgan fingerprint density at radius 3 is 1.50 bits per heavy atom. The summed E-state index contributed by atoms with van der Waals surface area (Å²) < 4.78 is 0. The molecule has 0 aliphatic rings. The van der Waals surface area contributed by atoms with E-state index in [4.69, 9.17) is 0 Å². The van der Waals surface area contributed by atoms with Crippen molar-refractivity contribution in [1.29, 1.82) is 0 Å². The average Bonchev–Trinajstić information content (AvgIpc) is 2.29. The molecule has 0 aromatic heterocycles. The van der Waals surface area contributed by atoms with Crippen LogP contribution in [0.4, 0.5) is 0 Å². The van der Waals surface area contributed by atoms with Gasteiger partial charge in [0.15, 0.2) is 0 Å². The summed E-state index contributed by atoms with van der Waals surface area (Å²) in [5.74, 6) is 0. The normalized spacial score (nSPS) is 11.2. The molecule has 0 spiro atoms. The molecule has 0 saturated carbocycles. The van der Waals surface area contributed by atoms with Crippen molar-refractivity contribution >= 4 is 13.6 Å². The van der Waals surface area contributed by atoms with Crippen LogP contribution in [-0.4, -0.2) is 13.6 Å². The SMILES string of the molecule is CCCCCCCC[As+](CC)(CC)CC.[I-]. The summed E-state index contributed by atoms with van der Waals surface area (Å²) in [5, 5.41) is 6.26. The topological polar surface area (TPSA) is 0 Å². The first-order chi connectivity index (χ1) is 7.24. The summed E-state index contributed by atoms with van der Waals surface area (Å²) in [6.07, 6.45) is 8.81. The summed E-state index contributed by atoms with van der Waals surface area (Å²) in [6, 6.07) is 0. The van der Waals surface area contributed by atoms with Crippen molar-refractivity contribution < 1.29 is 24.0 Å². The van der Waals surface area contributed by atoms with E-state index in [1.165, 1.54) is 38.5 Å². The Morgan fingerprint density at radius 2 is 1.06 bits per heavy atom. The van der Waals surface area contributed by atoms with Gasteiger partial charge in [-0.3, -0.25) is 0 Å². The monoisotopic (exact) mass is 402 g/mol. The van der Waals surface area contributed by atoms with Gasteiger partial charge in [-0.05, 0) is 0 Å². The summed E-state index contributed by atoms with van der Waals surface area (Å²) in [6.45, 7) is 9.62. The van der Waals surface area contributed by atoms with Gasteiger partial charge in [0.2, 0.25) is 0 Å². The van der Waals surface area contributed by atoms with Crippen LogP contribution in [0.2, 0.25) is 20.8 Å². The minimum Gasteiger partial charge on any atom is -1.00 e. The molecule has 16 heavy (non-hydrogen) atoms. The number of hydrogen-bond donors (Lipinski definition) is 0. The molecule has 0 saturated heterocycles. The minimum absolute atomic E-state index is 0. The maximum atomic E-state index is 2.44. The zero-order valence-electron chi connectivity index (χ0n) is 11.9. The number of unbranched alkanes of at least 4 members (excludes halogenated alkanes) is 5. The second-order valence-corrected chi connectivity index (χ2v) is 15.3. The van der Waals surface area contributed by atoms with E-state index in [0.717, 1.165) is 0 Å². The van der Waals surface area contributed by atoms with Gasteiger partial charge >= 0.3 is 101 Å². The van der Waals surface area contributed by atoms with Crippen LogP contribution < -0.4 is 24.0 Å². The van der Waals surface area contributed by atoms with Gasteiger partial charge in [-0.1, -0.05) is 0 Å². The molecule has 0 unspecified atom stereocenters. The van der Waals surface area contributed by atoms with Crippen LogP contribution in [0.3, 0.4) is 0 Å². The van der Waals surface area contributed by atoms with E-state index < -0.39 is 13.6 Å². The molecule has 0 nitrogen and oxygen atoms in total. The fourth-order valence-corrected chi connectivity index (χ4v) is 9.05. The maximum Gasteiger partial charge on any atom is -1.00 e. The van der Waals surface area contributed by atoms with E-state index in [-0.39, 0.29) is 24.0 Å². The fourth-order valence-electron chi connectivity index (χ4n) is 2.37. The molecule has 100 valence electrons. The van der Waals surface area contributed by atoms with Crippen molar-refractivity contribution in [2.75, 3.05) is 0 Å². The van der Waals surface area contributed by atoms with Crippen LogP contribution in [-0.2, 0) is 0 Å². The summed E-state index contributed by atoms with van der Waals surface area (Å²) in [4.78, 5) is 0. The molecule has 0 atom stereocenters.